The van der Waals surface area contributed by atoms with E-state index >= 15 is 9.59 Å². The van der Waals surface area contributed by atoms with E-state index in [-0.39, 0.29) is 55.2 Å². The second-order valence-corrected chi connectivity index (χ2v) is 23.2. The van der Waals surface area contributed by atoms with E-state index in [9.17, 15) is 9.59 Å². The van der Waals surface area contributed by atoms with Crippen molar-refractivity contribution in [1.82, 2.24) is 15.5 Å². The van der Waals surface area contributed by atoms with Gasteiger partial charge in [0.15, 0.2) is 5.78 Å². The third kappa shape index (κ3) is 13.0. The summed E-state index contributed by atoms with van der Waals surface area (Å²) in [6, 6.07) is 76.5. The van der Waals surface area contributed by atoms with Gasteiger partial charge in [0.05, 0.1) is 21.5 Å². The fourth-order valence-corrected chi connectivity index (χ4v) is 13.7. The van der Waals surface area contributed by atoms with E-state index in [4.69, 9.17) is 9.47 Å². The van der Waals surface area contributed by atoms with Crippen molar-refractivity contribution in [2.75, 3.05) is 38.2 Å². The van der Waals surface area contributed by atoms with Gasteiger partial charge in [-0.2, -0.15) is 0 Å². The maximum Gasteiger partial charge on any atom is 0.410 e. The summed E-state index contributed by atoms with van der Waals surface area (Å²) >= 11 is 3.14. The number of benzene rings is 8. The molecule has 0 saturated heterocycles. The number of carbonyl (C=O) groups excluding carboxylic acids is 4. The Hall–Kier alpha value is -7.86. The summed E-state index contributed by atoms with van der Waals surface area (Å²) in [5, 5.41) is 6.16. The summed E-state index contributed by atoms with van der Waals surface area (Å²) in [6.07, 6.45) is -1.47. The van der Waals surface area contributed by atoms with E-state index < -0.39 is 39.2 Å². The number of hydrogen-bond donors (Lipinski definition) is 2. The first kappa shape index (κ1) is 55.9. The molecular weight excluding hydrogens is 1020 g/mol. The van der Waals surface area contributed by atoms with E-state index in [0.717, 1.165) is 55.6 Å². The molecule has 2 N–H and O–H groups in total. The van der Waals surface area contributed by atoms with Crippen LogP contribution in [0.15, 0.2) is 231 Å². The predicted molar refractivity (Wildman–Crippen MR) is 320 cm³/mol. The molecule has 0 aromatic heterocycles. The van der Waals surface area contributed by atoms with Gasteiger partial charge in [-0.05, 0) is 76.4 Å². The Labute approximate surface area is 473 Å². The zero-order valence-corrected chi connectivity index (χ0v) is 46.8. The molecule has 1 aliphatic rings. The summed E-state index contributed by atoms with van der Waals surface area (Å²) in [7, 11) is 1.63. The van der Waals surface area contributed by atoms with Crippen molar-refractivity contribution in [3.8, 4) is 11.1 Å². The Balaban J connectivity index is 1.07. The largest absolute Gasteiger partial charge is 0.449 e. The van der Waals surface area contributed by atoms with E-state index in [2.05, 4.69) is 108 Å². The van der Waals surface area contributed by atoms with Gasteiger partial charge in [-0.15, -0.1) is 23.5 Å². The number of hydrogen-bond acceptors (Lipinski definition) is 8. The standard InChI is InChI=1S/C68H67N3O6S2/c1-66(2,3)77-65(75)71(4)44-43-69-63(73)49(47-78-67(50-27-11-5-12-28-50,51-29-13-6-14-30-51)52-31-15-7-16-32-52)45-62(72)61(70-64(74)76-46-60-58-41-25-23-39-56(58)57-40-24-26-42-59(57)60)48-79-68(53-33-17-8-18-34-53,54-35-19-9-20-36-54)55-37-21-10-22-38-55/h5-42,49,60-61H,43-48H2,1-4H3,(H,69,73)(H,70,74)/t49-,61-/m0/s1. The van der Waals surface area contributed by atoms with Crippen LogP contribution in [-0.4, -0.2) is 78.7 Å². The van der Waals surface area contributed by atoms with Gasteiger partial charge in [-0.1, -0.05) is 231 Å². The average Bonchev–Trinajstić information content (AvgIpc) is 3.87. The molecule has 9 rings (SSSR count). The van der Waals surface area contributed by atoms with Gasteiger partial charge in [0.1, 0.15) is 12.2 Å². The van der Waals surface area contributed by atoms with Crippen molar-refractivity contribution >= 4 is 47.4 Å². The van der Waals surface area contributed by atoms with Gasteiger partial charge in [0.2, 0.25) is 5.91 Å². The number of Topliss-reactive ketones (excluding diaryl/α,β-unsaturated/α-hetero) is 1. The topological polar surface area (TPSA) is 114 Å². The molecule has 0 spiro atoms. The first-order valence-corrected chi connectivity index (χ1v) is 28.8. The number of thioether (sulfide) groups is 2. The van der Waals surface area contributed by atoms with Gasteiger partial charge in [0.25, 0.3) is 0 Å². The highest BCUT2D eigenvalue weighted by atomic mass is 32.2. The second kappa shape index (κ2) is 25.7. The number of rotatable bonds is 22. The molecule has 3 amide bonds. The molecular formula is C68H67N3O6S2. The number of nitrogens with one attached hydrogen (secondary N) is 2. The van der Waals surface area contributed by atoms with Crippen LogP contribution in [0.4, 0.5) is 9.59 Å². The van der Waals surface area contributed by atoms with Crippen LogP contribution in [0.1, 0.15) is 77.6 Å². The molecule has 79 heavy (non-hydrogen) atoms. The molecule has 8 aromatic carbocycles. The Morgan fingerprint density at radius 1 is 0.519 bits per heavy atom. The Morgan fingerprint density at radius 3 is 1.28 bits per heavy atom. The minimum atomic E-state index is -1.11. The number of carbonyl (C=O) groups is 4. The quantitative estimate of drug-likeness (QED) is 0.0645. The third-order valence-corrected chi connectivity index (χ3v) is 17.7. The second-order valence-electron chi connectivity index (χ2n) is 20.8. The number of nitrogens with zero attached hydrogens (tertiary/aromatic N) is 1. The maximum absolute atomic E-state index is 15.7. The molecule has 0 bridgehead atoms. The lowest BCUT2D eigenvalue weighted by atomic mass is 9.84. The summed E-state index contributed by atoms with van der Waals surface area (Å²) < 4.78 is 10.1. The summed E-state index contributed by atoms with van der Waals surface area (Å²) in [4.78, 5) is 59.7. The molecule has 0 unspecified atom stereocenters. The summed E-state index contributed by atoms with van der Waals surface area (Å²) in [6.45, 7) is 5.74. The van der Waals surface area contributed by atoms with Crippen LogP contribution in [0.25, 0.3) is 11.1 Å². The van der Waals surface area contributed by atoms with Crippen molar-refractivity contribution in [3.63, 3.8) is 0 Å². The van der Waals surface area contributed by atoms with E-state index in [1.807, 2.05) is 133 Å². The lowest BCUT2D eigenvalue weighted by Crippen LogP contribution is -2.46. The molecule has 11 heteroatoms. The molecule has 1 aliphatic carbocycles. The molecule has 0 aliphatic heterocycles. The van der Waals surface area contributed by atoms with E-state index in [0.29, 0.717) is 0 Å². The number of ketones is 1. The normalized spacial score (nSPS) is 13.0. The smallest absolute Gasteiger partial charge is 0.410 e. The van der Waals surface area contributed by atoms with Gasteiger partial charge >= 0.3 is 12.2 Å². The van der Waals surface area contributed by atoms with Crippen LogP contribution in [0.2, 0.25) is 0 Å². The third-order valence-electron chi connectivity index (χ3n) is 14.3. The fraction of sp³-hybridized carbons (Fsp3) is 0.235. The van der Waals surface area contributed by atoms with Crippen molar-refractivity contribution in [2.45, 2.75) is 54.2 Å². The van der Waals surface area contributed by atoms with Crippen LogP contribution in [-0.2, 0) is 28.6 Å². The zero-order valence-electron chi connectivity index (χ0n) is 45.1. The number of likely N-dealkylation sites (N-methyl/N-ethyl adjacent to an activating group) is 1. The van der Waals surface area contributed by atoms with Crippen molar-refractivity contribution < 1.29 is 28.7 Å². The van der Waals surface area contributed by atoms with Crippen LogP contribution in [0.3, 0.4) is 0 Å². The van der Waals surface area contributed by atoms with Crippen LogP contribution in [0, 0.1) is 5.92 Å². The lowest BCUT2D eigenvalue weighted by molar-refractivity contribution is -0.129. The van der Waals surface area contributed by atoms with Gasteiger partial charge < -0.3 is 25.0 Å². The molecule has 0 radical (unpaired) electrons. The molecule has 0 fully saturated rings. The van der Waals surface area contributed by atoms with Crippen molar-refractivity contribution in [1.29, 1.82) is 0 Å². The first-order valence-electron chi connectivity index (χ1n) is 26.8. The average molecular weight is 1090 g/mol. The number of ether oxygens (including phenoxy) is 2. The maximum atomic E-state index is 15.7. The molecule has 9 nitrogen and oxygen atoms in total. The molecule has 8 aromatic rings. The Morgan fingerprint density at radius 2 is 0.886 bits per heavy atom. The zero-order chi connectivity index (χ0) is 55.2. The van der Waals surface area contributed by atoms with E-state index in [1.54, 1.807) is 51.3 Å². The highest BCUT2D eigenvalue weighted by Crippen LogP contribution is 2.51. The van der Waals surface area contributed by atoms with Crippen molar-refractivity contribution in [3.05, 3.63) is 275 Å². The summed E-state index contributed by atoms with van der Waals surface area (Å²) in [5.74, 6) is -1.49. The highest BCUT2D eigenvalue weighted by molar-refractivity contribution is 8.01. The first-order chi connectivity index (χ1) is 38.4. The Bertz CT molecular complexity index is 3050. The van der Waals surface area contributed by atoms with Gasteiger partial charge in [-0.25, -0.2) is 9.59 Å². The van der Waals surface area contributed by atoms with Crippen LogP contribution < -0.4 is 10.6 Å². The lowest BCUT2D eigenvalue weighted by Gasteiger charge is -2.37. The molecule has 2 atom stereocenters. The molecule has 0 heterocycles. The number of alkyl carbamates (subject to hydrolysis) is 1. The highest BCUT2D eigenvalue weighted by Gasteiger charge is 2.42. The summed E-state index contributed by atoms with van der Waals surface area (Å²) in [5.41, 5.74) is 9.64. The monoisotopic (exact) mass is 1090 g/mol. The number of amides is 3. The predicted octanol–water partition coefficient (Wildman–Crippen LogP) is 13.9. The van der Waals surface area contributed by atoms with Crippen molar-refractivity contribution in [2.24, 2.45) is 5.92 Å². The minimum absolute atomic E-state index is 0.0514. The fourth-order valence-electron chi connectivity index (χ4n) is 10.5. The Kier molecular flexibility index (Phi) is 18.2. The SMILES string of the molecule is CN(CCNC(=O)[C@H](CSC(c1ccccc1)(c1ccccc1)c1ccccc1)CC(=O)[C@H](CSC(c1ccccc1)(c1ccccc1)c1ccccc1)NC(=O)OCC1c2ccccc2-c2ccccc21)C(=O)OC(C)(C)C. The molecule has 402 valence electrons. The number of fused-ring (bicyclic) bond motifs is 3. The molecule has 0 saturated carbocycles. The van der Waals surface area contributed by atoms with Crippen LogP contribution in [0.5, 0.6) is 0 Å². The van der Waals surface area contributed by atoms with E-state index in [1.165, 1.54) is 4.90 Å². The van der Waals surface area contributed by atoms with Crippen LogP contribution >= 0.6 is 23.5 Å². The minimum Gasteiger partial charge on any atom is -0.449 e. The van der Waals surface area contributed by atoms with Gasteiger partial charge in [0, 0.05) is 44.0 Å². The van der Waals surface area contributed by atoms with Gasteiger partial charge in [-0.3, -0.25) is 9.59 Å².